The van der Waals surface area contributed by atoms with E-state index in [4.69, 9.17) is 11.6 Å². The van der Waals surface area contributed by atoms with Crippen molar-refractivity contribution in [2.75, 3.05) is 0 Å². The van der Waals surface area contributed by atoms with Crippen molar-refractivity contribution in [2.45, 2.75) is 6.54 Å². The van der Waals surface area contributed by atoms with Gasteiger partial charge in [-0.05, 0) is 12.1 Å². The summed E-state index contributed by atoms with van der Waals surface area (Å²) in [6.07, 6.45) is 3.23. The molecule has 2 N–H and O–H groups in total. The second-order valence-electron chi connectivity index (χ2n) is 3.24. The molecule has 4 nitrogen and oxygen atoms in total. The van der Waals surface area contributed by atoms with Crippen molar-refractivity contribution >= 4 is 17.5 Å². The van der Waals surface area contributed by atoms with Crippen molar-refractivity contribution in [1.82, 2.24) is 15.3 Å². The molecular formula is C11H10ClN3O. The minimum absolute atomic E-state index is 0.194. The minimum Gasteiger partial charge on any atom is -0.347 e. The van der Waals surface area contributed by atoms with Gasteiger partial charge < -0.3 is 10.3 Å². The Balaban J connectivity index is 2.01. The molecule has 2 rings (SSSR count). The number of imidazole rings is 1. The van der Waals surface area contributed by atoms with Gasteiger partial charge in [0.15, 0.2) is 0 Å². The molecule has 0 fully saturated rings. The fraction of sp³-hybridized carbons (Fsp3) is 0.0909. The Bertz CT molecular complexity index is 482. The van der Waals surface area contributed by atoms with E-state index < -0.39 is 0 Å². The molecule has 0 aliphatic heterocycles. The van der Waals surface area contributed by atoms with E-state index in [1.807, 2.05) is 0 Å². The van der Waals surface area contributed by atoms with Crippen LogP contribution in [0.5, 0.6) is 0 Å². The van der Waals surface area contributed by atoms with Crippen LogP contribution in [0.3, 0.4) is 0 Å². The van der Waals surface area contributed by atoms with Gasteiger partial charge in [0.2, 0.25) is 0 Å². The van der Waals surface area contributed by atoms with Crippen LogP contribution in [0.2, 0.25) is 5.02 Å². The molecule has 16 heavy (non-hydrogen) atoms. The Hall–Kier alpha value is -1.81. The van der Waals surface area contributed by atoms with Gasteiger partial charge in [-0.3, -0.25) is 4.79 Å². The van der Waals surface area contributed by atoms with Gasteiger partial charge in [-0.15, -0.1) is 0 Å². The van der Waals surface area contributed by atoms with Gasteiger partial charge in [-0.1, -0.05) is 23.7 Å². The number of halogens is 1. The van der Waals surface area contributed by atoms with Crippen LogP contribution in [0.4, 0.5) is 0 Å². The van der Waals surface area contributed by atoms with Crippen LogP contribution in [0, 0.1) is 0 Å². The van der Waals surface area contributed by atoms with Gasteiger partial charge in [-0.2, -0.15) is 0 Å². The molecule has 0 radical (unpaired) electrons. The number of H-pyrrole nitrogens is 1. The molecule has 0 saturated heterocycles. The largest absolute Gasteiger partial charge is 0.347 e. The third kappa shape index (κ3) is 2.41. The number of aromatic nitrogens is 2. The summed E-state index contributed by atoms with van der Waals surface area (Å²) in [6.45, 7) is 0.407. The summed E-state index contributed by atoms with van der Waals surface area (Å²) in [5.74, 6) is -0.194. The number of nitrogens with one attached hydrogen (secondary N) is 2. The molecule has 1 amide bonds. The second kappa shape index (κ2) is 4.81. The number of rotatable bonds is 3. The normalized spacial score (nSPS) is 10.1. The zero-order valence-corrected chi connectivity index (χ0v) is 9.16. The van der Waals surface area contributed by atoms with Crippen molar-refractivity contribution in [3.63, 3.8) is 0 Å². The standard InChI is InChI=1S/C11H10ClN3O/c12-10-4-2-1-3-9(10)11(16)14-6-8-5-13-7-15-8/h1-5,7H,6H2,(H,13,15)(H,14,16). The number of amides is 1. The predicted octanol–water partition coefficient (Wildman–Crippen LogP) is 1.99. The number of hydrogen-bond acceptors (Lipinski definition) is 2. The fourth-order valence-electron chi connectivity index (χ4n) is 1.30. The Morgan fingerprint density at radius 3 is 2.94 bits per heavy atom. The summed E-state index contributed by atoms with van der Waals surface area (Å²) in [4.78, 5) is 18.5. The van der Waals surface area contributed by atoms with Gasteiger partial charge in [0.05, 0.1) is 29.2 Å². The molecule has 0 atom stereocenters. The quantitative estimate of drug-likeness (QED) is 0.855. The maximum atomic E-state index is 11.7. The molecule has 1 aromatic carbocycles. The van der Waals surface area contributed by atoms with Crippen molar-refractivity contribution in [2.24, 2.45) is 0 Å². The molecule has 5 heteroatoms. The van der Waals surface area contributed by atoms with E-state index in [0.717, 1.165) is 5.69 Å². The van der Waals surface area contributed by atoms with E-state index in [2.05, 4.69) is 15.3 Å². The first-order valence-electron chi connectivity index (χ1n) is 4.77. The summed E-state index contributed by atoms with van der Waals surface area (Å²) in [5, 5.41) is 3.20. The molecule has 0 unspecified atom stereocenters. The van der Waals surface area contributed by atoms with Crippen molar-refractivity contribution in [3.8, 4) is 0 Å². The van der Waals surface area contributed by atoms with Crippen LogP contribution in [0.25, 0.3) is 0 Å². The average molecular weight is 236 g/mol. The lowest BCUT2D eigenvalue weighted by atomic mass is 10.2. The molecule has 0 bridgehead atoms. The van der Waals surface area contributed by atoms with E-state index in [0.29, 0.717) is 17.1 Å². The Kier molecular flexibility index (Phi) is 3.22. The van der Waals surface area contributed by atoms with Crippen LogP contribution in [-0.2, 0) is 6.54 Å². The van der Waals surface area contributed by atoms with Crippen LogP contribution >= 0.6 is 11.6 Å². The molecule has 82 valence electrons. The molecule has 0 spiro atoms. The summed E-state index contributed by atoms with van der Waals surface area (Å²) in [6, 6.07) is 6.93. The highest BCUT2D eigenvalue weighted by atomic mass is 35.5. The Morgan fingerprint density at radius 1 is 1.44 bits per heavy atom. The lowest BCUT2D eigenvalue weighted by Gasteiger charge is -2.04. The van der Waals surface area contributed by atoms with Crippen LogP contribution in [0.1, 0.15) is 16.1 Å². The van der Waals surface area contributed by atoms with Crippen molar-refractivity contribution < 1.29 is 4.79 Å². The smallest absolute Gasteiger partial charge is 0.253 e. The van der Waals surface area contributed by atoms with E-state index in [1.54, 1.807) is 36.8 Å². The van der Waals surface area contributed by atoms with Gasteiger partial charge in [-0.25, -0.2) is 4.98 Å². The highest BCUT2D eigenvalue weighted by molar-refractivity contribution is 6.33. The summed E-state index contributed by atoms with van der Waals surface area (Å²) < 4.78 is 0. The topological polar surface area (TPSA) is 57.8 Å². The lowest BCUT2D eigenvalue weighted by molar-refractivity contribution is 0.0950. The summed E-state index contributed by atoms with van der Waals surface area (Å²) >= 11 is 5.90. The third-order valence-electron chi connectivity index (χ3n) is 2.11. The summed E-state index contributed by atoms with van der Waals surface area (Å²) in [5.41, 5.74) is 1.32. The zero-order valence-electron chi connectivity index (χ0n) is 8.40. The molecule has 1 heterocycles. The first-order valence-corrected chi connectivity index (χ1v) is 5.15. The highest BCUT2D eigenvalue weighted by Crippen LogP contribution is 2.14. The highest BCUT2D eigenvalue weighted by Gasteiger charge is 2.08. The van der Waals surface area contributed by atoms with Crippen molar-refractivity contribution in [1.29, 1.82) is 0 Å². The number of hydrogen-bond donors (Lipinski definition) is 2. The Morgan fingerprint density at radius 2 is 2.25 bits per heavy atom. The van der Waals surface area contributed by atoms with Gasteiger partial charge in [0, 0.05) is 6.20 Å². The second-order valence-corrected chi connectivity index (χ2v) is 3.65. The Labute approximate surface area is 97.7 Å². The number of aromatic amines is 1. The maximum absolute atomic E-state index is 11.7. The molecule has 2 aromatic rings. The number of benzene rings is 1. The van der Waals surface area contributed by atoms with E-state index in [-0.39, 0.29) is 5.91 Å². The van der Waals surface area contributed by atoms with E-state index in [1.165, 1.54) is 0 Å². The SMILES string of the molecule is O=C(NCc1cnc[nH]1)c1ccccc1Cl. The number of carbonyl (C=O) groups excluding carboxylic acids is 1. The summed E-state index contributed by atoms with van der Waals surface area (Å²) in [7, 11) is 0. The minimum atomic E-state index is -0.194. The van der Waals surface area contributed by atoms with Crippen molar-refractivity contribution in [3.05, 3.63) is 53.1 Å². The molecular weight excluding hydrogens is 226 g/mol. The fourth-order valence-corrected chi connectivity index (χ4v) is 1.52. The number of carbonyl (C=O) groups is 1. The van der Waals surface area contributed by atoms with Crippen LogP contribution < -0.4 is 5.32 Å². The van der Waals surface area contributed by atoms with Crippen LogP contribution in [0.15, 0.2) is 36.8 Å². The van der Waals surface area contributed by atoms with Crippen LogP contribution in [-0.4, -0.2) is 15.9 Å². The predicted molar refractivity (Wildman–Crippen MR) is 61.2 cm³/mol. The first kappa shape index (κ1) is 10.7. The van der Waals surface area contributed by atoms with Gasteiger partial charge in [0.1, 0.15) is 0 Å². The maximum Gasteiger partial charge on any atom is 0.253 e. The third-order valence-corrected chi connectivity index (χ3v) is 2.44. The number of nitrogens with zero attached hydrogens (tertiary/aromatic N) is 1. The van der Waals surface area contributed by atoms with Gasteiger partial charge >= 0.3 is 0 Å². The zero-order chi connectivity index (χ0) is 11.4. The van der Waals surface area contributed by atoms with Gasteiger partial charge in [0.25, 0.3) is 5.91 Å². The lowest BCUT2D eigenvalue weighted by Crippen LogP contribution is -2.23. The average Bonchev–Trinajstić information content (AvgIpc) is 2.79. The molecule has 1 aromatic heterocycles. The first-order chi connectivity index (χ1) is 7.77. The monoisotopic (exact) mass is 235 g/mol. The van der Waals surface area contributed by atoms with E-state index in [9.17, 15) is 4.79 Å². The molecule has 0 aliphatic rings. The molecule has 0 saturated carbocycles. The van der Waals surface area contributed by atoms with E-state index >= 15 is 0 Å². The molecule has 0 aliphatic carbocycles.